The number of hydrogen-bond acceptors (Lipinski definition) is 4. The summed E-state index contributed by atoms with van der Waals surface area (Å²) in [4.78, 5) is 4.37. The molecular formula is C15H18N2O2. The maximum Gasteiger partial charge on any atom is 0.145 e. The van der Waals surface area contributed by atoms with E-state index in [4.69, 9.17) is 10.5 Å². The lowest BCUT2D eigenvalue weighted by molar-refractivity contribution is 0.166. The molecule has 0 amide bonds. The number of aliphatic hydroxyl groups is 1. The molecule has 4 heteroatoms. The highest BCUT2D eigenvalue weighted by atomic mass is 16.5. The molecule has 3 rings (SSSR count). The van der Waals surface area contributed by atoms with Crippen molar-refractivity contribution in [3.05, 3.63) is 36.5 Å². The molecule has 2 aromatic rings. The first-order chi connectivity index (χ1) is 9.20. The third kappa shape index (κ3) is 2.41. The van der Waals surface area contributed by atoms with Crippen molar-refractivity contribution in [3.63, 3.8) is 0 Å². The molecule has 0 aliphatic heterocycles. The van der Waals surface area contributed by atoms with Crippen LogP contribution in [0.5, 0.6) is 5.75 Å². The Balaban J connectivity index is 1.83. The van der Waals surface area contributed by atoms with Crippen LogP contribution in [0.3, 0.4) is 0 Å². The summed E-state index contributed by atoms with van der Waals surface area (Å²) in [6.45, 7) is 0.0145. The third-order valence-electron chi connectivity index (χ3n) is 3.80. The lowest BCUT2D eigenvalue weighted by Crippen LogP contribution is -2.41. The molecule has 1 fully saturated rings. The molecular weight excluding hydrogens is 240 g/mol. The Kier molecular flexibility index (Phi) is 3.12. The number of nitrogens with zero attached hydrogens (tertiary/aromatic N) is 1. The molecule has 100 valence electrons. The fourth-order valence-corrected chi connectivity index (χ4v) is 2.70. The van der Waals surface area contributed by atoms with E-state index >= 15 is 0 Å². The van der Waals surface area contributed by atoms with Crippen molar-refractivity contribution < 1.29 is 9.84 Å². The van der Waals surface area contributed by atoms with Gasteiger partial charge in [-0.25, -0.2) is 0 Å². The first-order valence-corrected chi connectivity index (χ1v) is 6.60. The van der Waals surface area contributed by atoms with Crippen LogP contribution in [-0.4, -0.2) is 28.3 Å². The van der Waals surface area contributed by atoms with Crippen LogP contribution in [0, 0.1) is 0 Å². The molecule has 1 aliphatic rings. The number of hydrogen-bond donors (Lipinski definition) is 2. The molecule has 1 heterocycles. The van der Waals surface area contributed by atoms with Crippen LogP contribution in [-0.2, 0) is 0 Å². The van der Waals surface area contributed by atoms with Crippen molar-refractivity contribution in [2.75, 3.05) is 6.61 Å². The van der Waals surface area contributed by atoms with E-state index in [0.29, 0.717) is 6.42 Å². The van der Waals surface area contributed by atoms with Crippen LogP contribution in [0.2, 0.25) is 0 Å². The summed E-state index contributed by atoms with van der Waals surface area (Å²) in [5.41, 5.74) is 6.46. The van der Waals surface area contributed by atoms with Gasteiger partial charge in [-0.2, -0.15) is 0 Å². The van der Waals surface area contributed by atoms with Crippen LogP contribution < -0.4 is 10.5 Å². The van der Waals surface area contributed by atoms with E-state index in [0.717, 1.165) is 29.5 Å². The minimum Gasteiger partial charge on any atom is -0.488 e. The maximum atomic E-state index is 9.29. The van der Waals surface area contributed by atoms with Crippen molar-refractivity contribution in [3.8, 4) is 5.75 Å². The van der Waals surface area contributed by atoms with Crippen LogP contribution in [0.1, 0.15) is 19.3 Å². The number of aromatic nitrogens is 1. The Morgan fingerprint density at radius 1 is 1.37 bits per heavy atom. The van der Waals surface area contributed by atoms with E-state index < -0.39 is 5.54 Å². The lowest BCUT2D eigenvalue weighted by atomic mass is 10.0. The van der Waals surface area contributed by atoms with Crippen molar-refractivity contribution in [2.45, 2.75) is 30.9 Å². The highest BCUT2D eigenvalue weighted by Crippen LogP contribution is 2.32. The van der Waals surface area contributed by atoms with Crippen molar-refractivity contribution >= 4 is 10.9 Å². The molecule has 4 nitrogen and oxygen atoms in total. The van der Waals surface area contributed by atoms with Crippen molar-refractivity contribution in [2.24, 2.45) is 5.73 Å². The zero-order valence-electron chi connectivity index (χ0n) is 10.7. The van der Waals surface area contributed by atoms with Crippen LogP contribution in [0.25, 0.3) is 10.9 Å². The van der Waals surface area contributed by atoms with Crippen molar-refractivity contribution in [1.29, 1.82) is 0 Å². The summed E-state index contributed by atoms with van der Waals surface area (Å²) in [5.74, 6) is 0.797. The Morgan fingerprint density at radius 3 is 3.00 bits per heavy atom. The lowest BCUT2D eigenvalue weighted by Gasteiger charge is -2.21. The second kappa shape index (κ2) is 4.79. The summed E-state index contributed by atoms with van der Waals surface area (Å²) < 4.78 is 6.03. The quantitative estimate of drug-likeness (QED) is 0.881. The summed E-state index contributed by atoms with van der Waals surface area (Å²) in [5, 5.41) is 10.4. The van der Waals surface area contributed by atoms with E-state index in [2.05, 4.69) is 4.98 Å². The number of pyridine rings is 1. The molecule has 3 N–H and O–H groups in total. The number of fused-ring (bicyclic) bond motifs is 1. The van der Waals surface area contributed by atoms with Gasteiger partial charge in [0.25, 0.3) is 0 Å². The van der Waals surface area contributed by atoms with Gasteiger partial charge in [0.2, 0.25) is 0 Å². The molecule has 1 aliphatic carbocycles. The average molecular weight is 258 g/mol. The molecule has 1 saturated carbocycles. The molecule has 1 aromatic heterocycles. The first kappa shape index (κ1) is 12.4. The monoisotopic (exact) mass is 258 g/mol. The minimum absolute atomic E-state index is 0.0145. The largest absolute Gasteiger partial charge is 0.488 e. The average Bonchev–Trinajstić information content (AvgIpc) is 2.82. The second-order valence-corrected chi connectivity index (χ2v) is 5.33. The van der Waals surface area contributed by atoms with Gasteiger partial charge in [0.15, 0.2) is 0 Å². The summed E-state index contributed by atoms with van der Waals surface area (Å²) >= 11 is 0. The van der Waals surface area contributed by atoms with Crippen LogP contribution >= 0.6 is 0 Å². The number of para-hydroxylation sites is 1. The molecule has 0 radical (unpaired) electrons. The minimum atomic E-state index is -0.483. The second-order valence-electron chi connectivity index (χ2n) is 5.33. The maximum absolute atomic E-state index is 9.29. The summed E-state index contributed by atoms with van der Waals surface area (Å²) in [7, 11) is 0. The smallest absolute Gasteiger partial charge is 0.145 e. The molecule has 0 bridgehead atoms. The van der Waals surface area contributed by atoms with Gasteiger partial charge >= 0.3 is 0 Å². The summed E-state index contributed by atoms with van der Waals surface area (Å²) in [6, 6.07) is 9.86. The van der Waals surface area contributed by atoms with E-state index in [-0.39, 0.29) is 12.7 Å². The Hall–Kier alpha value is -1.65. The number of benzene rings is 1. The Bertz CT molecular complexity index is 582. The molecule has 2 unspecified atom stereocenters. The first-order valence-electron chi connectivity index (χ1n) is 6.60. The highest BCUT2D eigenvalue weighted by Gasteiger charge is 2.36. The topological polar surface area (TPSA) is 68.4 Å². The normalized spacial score (nSPS) is 26.7. The van der Waals surface area contributed by atoms with Gasteiger partial charge in [-0.1, -0.05) is 18.2 Å². The van der Waals surface area contributed by atoms with Gasteiger partial charge < -0.3 is 15.6 Å². The zero-order valence-corrected chi connectivity index (χ0v) is 10.7. The molecule has 1 aromatic carbocycles. The SMILES string of the molecule is NC1(CO)CCC(Oc2cccc3cccnc23)C1. The Labute approximate surface area is 112 Å². The molecule has 0 saturated heterocycles. The van der Waals surface area contributed by atoms with E-state index in [1.807, 2.05) is 30.3 Å². The van der Waals surface area contributed by atoms with Gasteiger partial charge in [0.05, 0.1) is 6.61 Å². The van der Waals surface area contributed by atoms with Gasteiger partial charge in [-0.15, -0.1) is 0 Å². The molecule has 0 spiro atoms. The van der Waals surface area contributed by atoms with Gasteiger partial charge in [0, 0.05) is 23.5 Å². The Morgan fingerprint density at radius 2 is 2.21 bits per heavy atom. The van der Waals surface area contributed by atoms with Gasteiger partial charge in [-0.05, 0) is 25.0 Å². The summed E-state index contributed by atoms with van der Waals surface area (Å²) in [6.07, 6.45) is 4.19. The van der Waals surface area contributed by atoms with Crippen LogP contribution in [0.4, 0.5) is 0 Å². The standard InChI is InChI=1S/C15H18N2O2/c16-15(10-18)7-6-12(9-15)19-13-5-1-3-11-4-2-8-17-14(11)13/h1-5,8,12,18H,6-7,9-10,16H2. The highest BCUT2D eigenvalue weighted by molar-refractivity contribution is 5.84. The predicted octanol–water partition coefficient (Wildman–Crippen LogP) is 1.86. The third-order valence-corrected chi connectivity index (χ3v) is 3.80. The zero-order chi connectivity index (χ0) is 13.3. The fourth-order valence-electron chi connectivity index (χ4n) is 2.70. The molecule has 19 heavy (non-hydrogen) atoms. The number of ether oxygens (including phenoxy) is 1. The van der Waals surface area contributed by atoms with Crippen molar-refractivity contribution in [1.82, 2.24) is 4.98 Å². The number of nitrogens with two attached hydrogens (primary N) is 1. The number of aliphatic hydroxyl groups excluding tert-OH is 1. The van der Waals surface area contributed by atoms with Crippen LogP contribution in [0.15, 0.2) is 36.5 Å². The fraction of sp³-hybridized carbons (Fsp3) is 0.400. The predicted molar refractivity (Wildman–Crippen MR) is 74.0 cm³/mol. The van der Waals surface area contributed by atoms with Gasteiger partial charge in [0.1, 0.15) is 17.4 Å². The van der Waals surface area contributed by atoms with Gasteiger partial charge in [-0.3, -0.25) is 4.98 Å². The molecule has 2 atom stereocenters. The van der Waals surface area contributed by atoms with E-state index in [1.54, 1.807) is 6.20 Å². The van der Waals surface area contributed by atoms with E-state index in [1.165, 1.54) is 0 Å². The van der Waals surface area contributed by atoms with E-state index in [9.17, 15) is 5.11 Å². The number of rotatable bonds is 3.